The van der Waals surface area contributed by atoms with Crippen LogP contribution >= 0.6 is 0 Å². The number of rotatable bonds is 5. The fourth-order valence-electron chi connectivity index (χ4n) is 5.24. The van der Waals surface area contributed by atoms with Crippen molar-refractivity contribution in [1.29, 1.82) is 0 Å². The van der Waals surface area contributed by atoms with Crippen molar-refractivity contribution < 1.29 is 4.79 Å². The zero-order valence-electron chi connectivity index (χ0n) is 11.3. The third-order valence-electron chi connectivity index (χ3n) is 5.40. The van der Waals surface area contributed by atoms with E-state index in [1.807, 2.05) is 0 Å². The van der Waals surface area contributed by atoms with E-state index < -0.39 is 0 Å². The van der Waals surface area contributed by atoms with E-state index in [-0.39, 0.29) is 5.91 Å². The number of hydrogen-bond donors (Lipinski definition) is 2. The normalized spacial score (nSPS) is 41.1. The molecule has 4 aliphatic rings. The molecule has 4 bridgehead atoms. The predicted molar refractivity (Wildman–Crippen MR) is 71.9 cm³/mol. The monoisotopic (exact) mass is 250 g/mol. The van der Waals surface area contributed by atoms with Crippen LogP contribution in [0.3, 0.4) is 0 Å². The van der Waals surface area contributed by atoms with Gasteiger partial charge in [-0.15, -0.1) is 0 Å². The molecule has 4 saturated carbocycles. The van der Waals surface area contributed by atoms with Crippen molar-refractivity contribution in [1.82, 2.24) is 5.32 Å². The lowest BCUT2D eigenvalue weighted by molar-refractivity contribution is -0.129. The van der Waals surface area contributed by atoms with E-state index in [0.29, 0.717) is 12.0 Å². The van der Waals surface area contributed by atoms with Gasteiger partial charge in [-0.1, -0.05) is 0 Å². The highest BCUT2D eigenvalue weighted by Crippen LogP contribution is 2.61. The molecule has 4 rings (SSSR count). The molecule has 102 valence electrons. The van der Waals surface area contributed by atoms with E-state index in [0.717, 1.165) is 37.1 Å². The first-order valence-electron chi connectivity index (χ1n) is 7.66. The fourth-order valence-corrected chi connectivity index (χ4v) is 5.24. The number of nitrogens with two attached hydrogens (primary N) is 1. The number of amides is 1. The first-order valence-corrected chi connectivity index (χ1v) is 7.66. The van der Waals surface area contributed by atoms with Crippen molar-refractivity contribution in [3.05, 3.63) is 0 Å². The minimum absolute atomic E-state index is 0.269. The van der Waals surface area contributed by atoms with Gasteiger partial charge in [0.15, 0.2) is 0 Å². The smallest absolute Gasteiger partial charge is 0.220 e. The van der Waals surface area contributed by atoms with Crippen molar-refractivity contribution >= 4 is 5.91 Å². The fraction of sp³-hybridized carbons (Fsp3) is 0.933. The molecule has 4 fully saturated rings. The van der Waals surface area contributed by atoms with E-state index in [9.17, 15) is 4.79 Å². The second kappa shape index (κ2) is 4.84. The first kappa shape index (κ1) is 12.5. The van der Waals surface area contributed by atoms with Crippen molar-refractivity contribution in [2.45, 2.75) is 51.4 Å². The van der Waals surface area contributed by atoms with Gasteiger partial charge in [-0.3, -0.25) is 4.79 Å². The van der Waals surface area contributed by atoms with Crippen LogP contribution in [0.5, 0.6) is 0 Å². The van der Waals surface area contributed by atoms with Crippen molar-refractivity contribution in [3.63, 3.8) is 0 Å². The summed E-state index contributed by atoms with van der Waals surface area (Å²) in [6.07, 6.45) is 10.00. The van der Waals surface area contributed by atoms with Gasteiger partial charge in [-0.2, -0.15) is 0 Å². The highest BCUT2D eigenvalue weighted by molar-refractivity contribution is 5.76. The third-order valence-corrected chi connectivity index (χ3v) is 5.40. The molecular weight excluding hydrogens is 224 g/mol. The zero-order valence-corrected chi connectivity index (χ0v) is 11.3. The Hall–Kier alpha value is -0.570. The zero-order chi connectivity index (χ0) is 12.6. The second-order valence-electron chi connectivity index (χ2n) is 7.09. The van der Waals surface area contributed by atoms with Gasteiger partial charge in [-0.25, -0.2) is 0 Å². The van der Waals surface area contributed by atoms with E-state index in [1.165, 1.54) is 38.5 Å². The SMILES string of the molecule is NCCCNC(=O)CC12CC3CC(CC(C3)C1)C2. The molecule has 0 aromatic heterocycles. The van der Waals surface area contributed by atoms with Crippen LogP contribution in [0.2, 0.25) is 0 Å². The molecule has 3 N–H and O–H groups in total. The first-order chi connectivity index (χ1) is 8.69. The Labute approximate surface area is 110 Å². The Morgan fingerprint density at radius 1 is 1.11 bits per heavy atom. The molecule has 0 atom stereocenters. The summed E-state index contributed by atoms with van der Waals surface area (Å²) in [5, 5.41) is 3.04. The second-order valence-corrected chi connectivity index (χ2v) is 7.09. The molecule has 0 heterocycles. The van der Waals surface area contributed by atoms with Crippen LogP contribution in [0.1, 0.15) is 51.4 Å². The van der Waals surface area contributed by atoms with E-state index in [4.69, 9.17) is 5.73 Å². The van der Waals surface area contributed by atoms with Crippen LogP contribution in [-0.4, -0.2) is 19.0 Å². The average Bonchev–Trinajstić information content (AvgIpc) is 2.26. The highest BCUT2D eigenvalue weighted by atomic mass is 16.1. The molecule has 0 unspecified atom stereocenters. The van der Waals surface area contributed by atoms with Gasteiger partial charge in [0.2, 0.25) is 5.91 Å². The minimum Gasteiger partial charge on any atom is -0.356 e. The summed E-state index contributed by atoms with van der Waals surface area (Å²) in [6.45, 7) is 1.42. The lowest BCUT2D eigenvalue weighted by Crippen LogP contribution is -2.48. The molecule has 0 aromatic carbocycles. The van der Waals surface area contributed by atoms with Gasteiger partial charge >= 0.3 is 0 Å². The van der Waals surface area contributed by atoms with E-state index in [1.54, 1.807) is 0 Å². The number of nitrogens with one attached hydrogen (secondary N) is 1. The van der Waals surface area contributed by atoms with Gasteiger partial charge in [0.05, 0.1) is 0 Å². The molecule has 0 spiro atoms. The molecule has 0 radical (unpaired) electrons. The van der Waals surface area contributed by atoms with Crippen LogP contribution < -0.4 is 11.1 Å². The van der Waals surface area contributed by atoms with Crippen molar-refractivity contribution in [2.24, 2.45) is 28.9 Å². The topological polar surface area (TPSA) is 55.1 Å². The summed E-state index contributed by atoms with van der Waals surface area (Å²) >= 11 is 0. The highest BCUT2D eigenvalue weighted by Gasteiger charge is 2.51. The molecule has 3 nitrogen and oxygen atoms in total. The van der Waals surface area contributed by atoms with Crippen molar-refractivity contribution in [3.8, 4) is 0 Å². The summed E-state index contributed by atoms with van der Waals surface area (Å²) in [6, 6.07) is 0. The van der Waals surface area contributed by atoms with Gasteiger partial charge < -0.3 is 11.1 Å². The van der Waals surface area contributed by atoms with Gasteiger partial charge in [-0.05, 0) is 74.7 Å². The Morgan fingerprint density at radius 2 is 1.67 bits per heavy atom. The van der Waals surface area contributed by atoms with Crippen LogP contribution in [0, 0.1) is 23.2 Å². The lowest BCUT2D eigenvalue weighted by Gasteiger charge is -2.56. The number of hydrogen-bond acceptors (Lipinski definition) is 2. The van der Waals surface area contributed by atoms with Gasteiger partial charge in [0, 0.05) is 13.0 Å². The summed E-state index contributed by atoms with van der Waals surface area (Å²) < 4.78 is 0. The molecule has 1 amide bonds. The molecule has 0 saturated heterocycles. The Bertz CT molecular complexity index is 291. The average molecular weight is 250 g/mol. The molecular formula is C15H26N2O. The van der Waals surface area contributed by atoms with E-state index in [2.05, 4.69) is 5.32 Å². The summed E-state index contributed by atoms with van der Waals surface area (Å²) in [5.41, 5.74) is 5.83. The summed E-state index contributed by atoms with van der Waals surface area (Å²) in [4.78, 5) is 12.1. The Kier molecular flexibility index (Phi) is 3.35. The van der Waals surface area contributed by atoms with Gasteiger partial charge in [0.25, 0.3) is 0 Å². The molecule has 18 heavy (non-hydrogen) atoms. The van der Waals surface area contributed by atoms with Crippen molar-refractivity contribution in [2.75, 3.05) is 13.1 Å². The Balaban J connectivity index is 1.57. The molecule has 4 aliphatic carbocycles. The summed E-state index contributed by atoms with van der Waals surface area (Å²) in [7, 11) is 0. The number of carbonyl (C=O) groups excluding carboxylic acids is 1. The van der Waals surface area contributed by atoms with Crippen LogP contribution in [0.4, 0.5) is 0 Å². The maximum Gasteiger partial charge on any atom is 0.220 e. The van der Waals surface area contributed by atoms with Crippen LogP contribution in [0.25, 0.3) is 0 Å². The predicted octanol–water partition coefficient (Wildman–Crippen LogP) is 2.06. The third kappa shape index (κ3) is 2.42. The molecule has 0 aliphatic heterocycles. The Morgan fingerprint density at radius 3 is 2.17 bits per heavy atom. The minimum atomic E-state index is 0.269. The molecule has 0 aromatic rings. The van der Waals surface area contributed by atoms with Crippen LogP contribution in [0.15, 0.2) is 0 Å². The number of carbonyl (C=O) groups is 1. The maximum absolute atomic E-state index is 12.1. The maximum atomic E-state index is 12.1. The standard InChI is InChI=1S/C15H26N2O/c16-2-1-3-17-14(18)10-15-7-11-4-12(8-15)6-13(5-11)9-15/h11-13H,1-10,16H2,(H,17,18). The molecule has 3 heteroatoms. The largest absolute Gasteiger partial charge is 0.356 e. The summed E-state index contributed by atoms with van der Waals surface area (Å²) in [5.74, 6) is 3.08. The van der Waals surface area contributed by atoms with Gasteiger partial charge in [0.1, 0.15) is 0 Å². The van der Waals surface area contributed by atoms with Crippen LogP contribution in [-0.2, 0) is 4.79 Å². The quantitative estimate of drug-likeness (QED) is 0.734. The lowest BCUT2D eigenvalue weighted by atomic mass is 9.49. The van der Waals surface area contributed by atoms with E-state index >= 15 is 0 Å².